The van der Waals surface area contributed by atoms with Gasteiger partial charge in [0, 0.05) is 28.2 Å². The molecule has 1 aromatic heterocycles. The monoisotopic (exact) mass is 455 g/mol. The van der Waals surface area contributed by atoms with Crippen molar-refractivity contribution in [3.05, 3.63) is 86.3 Å². The third kappa shape index (κ3) is 4.75. The summed E-state index contributed by atoms with van der Waals surface area (Å²) >= 11 is 3.12. The van der Waals surface area contributed by atoms with E-state index in [4.69, 9.17) is 4.42 Å². The highest BCUT2D eigenvalue weighted by Crippen LogP contribution is 2.26. The first kappa shape index (κ1) is 20.0. The molecular formula is C20H11BrFN3O4. The van der Waals surface area contributed by atoms with Crippen LogP contribution in [0.4, 0.5) is 15.8 Å². The zero-order valence-corrected chi connectivity index (χ0v) is 16.1. The van der Waals surface area contributed by atoms with E-state index in [0.29, 0.717) is 15.8 Å². The van der Waals surface area contributed by atoms with Crippen LogP contribution < -0.4 is 5.32 Å². The summed E-state index contributed by atoms with van der Waals surface area (Å²) in [7, 11) is 0. The van der Waals surface area contributed by atoms with Crippen molar-refractivity contribution in [2.45, 2.75) is 0 Å². The number of nitrogens with zero attached hydrogens (tertiary/aromatic N) is 2. The van der Waals surface area contributed by atoms with Gasteiger partial charge >= 0.3 is 0 Å². The van der Waals surface area contributed by atoms with E-state index in [1.165, 1.54) is 42.5 Å². The summed E-state index contributed by atoms with van der Waals surface area (Å²) in [5, 5.41) is 22.3. The van der Waals surface area contributed by atoms with E-state index in [9.17, 15) is 24.6 Å². The van der Waals surface area contributed by atoms with Gasteiger partial charge in [0.25, 0.3) is 11.6 Å². The normalized spacial score (nSPS) is 11.0. The molecule has 1 heterocycles. The summed E-state index contributed by atoms with van der Waals surface area (Å²) in [4.78, 5) is 22.5. The van der Waals surface area contributed by atoms with E-state index in [2.05, 4.69) is 21.2 Å². The molecule has 0 aliphatic heterocycles. The van der Waals surface area contributed by atoms with Crippen molar-refractivity contribution < 1.29 is 18.5 Å². The lowest BCUT2D eigenvalue weighted by Crippen LogP contribution is -2.14. The van der Waals surface area contributed by atoms with Crippen molar-refractivity contribution >= 4 is 39.3 Å². The van der Waals surface area contributed by atoms with Gasteiger partial charge in [-0.05, 0) is 42.5 Å². The number of non-ortho nitro benzene ring substituents is 1. The lowest BCUT2D eigenvalue weighted by atomic mass is 10.1. The highest BCUT2D eigenvalue weighted by atomic mass is 79.9. The Kier molecular flexibility index (Phi) is 5.85. The van der Waals surface area contributed by atoms with Gasteiger partial charge < -0.3 is 9.73 Å². The average Bonchev–Trinajstić information content (AvgIpc) is 3.17. The maximum Gasteiger partial charge on any atom is 0.269 e. The van der Waals surface area contributed by atoms with E-state index in [1.807, 2.05) is 0 Å². The van der Waals surface area contributed by atoms with Crippen LogP contribution >= 0.6 is 15.9 Å². The van der Waals surface area contributed by atoms with Crippen LogP contribution in [-0.2, 0) is 4.79 Å². The smallest absolute Gasteiger partial charge is 0.269 e. The van der Waals surface area contributed by atoms with Gasteiger partial charge in [-0.1, -0.05) is 15.9 Å². The van der Waals surface area contributed by atoms with Crippen molar-refractivity contribution in [1.82, 2.24) is 0 Å². The fraction of sp³-hybridized carbons (Fsp3) is 0. The Labute approximate surface area is 172 Å². The molecule has 0 aliphatic carbocycles. The lowest BCUT2D eigenvalue weighted by molar-refractivity contribution is -0.384. The number of benzene rings is 2. The Morgan fingerprint density at radius 3 is 2.55 bits per heavy atom. The number of nitro benzene ring substituents is 1. The summed E-state index contributed by atoms with van der Waals surface area (Å²) < 4.78 is 20.0. The fourth-order valence-corrected chi connectivity index (χ4v) is 2.74. The molecule has 0 spiro atoms. The van der Waals surface area contributed by atoms with Crippen LogP contribution in [0.1, 0.15) is 5.76 Å². The van der Waals surface area contributed by atoms with Crippen molar-refractivity contribution in [2.24, 2.45) is 0 Å². The molecular weight excluding hydrogens is 445 g/mol. The number of nitriles is 1. The van der Waals surface area contributed by atoms with Crippen molar-refractivity contribution in [1.29, 1.82) is 5.26 Å². The van der Waals surface area contributed by atoms with Crippen LogP contribution in [0.3, 0.4) is 0 Å². The lowest BCUT2D eigenvalue weighted by Gasteiger charge is -2.05. The quantitative estimate of drug-likeness (QED) is 0.243. The van der Waals surface area contributed by atoms with Crippen molar-refractivity contribution in [3.63, 3.8) is 0 Å². The molecule has 0 unspecified atom stereocenters. The number of halogens is 2. The Bertz CT molecular complexity index is 1160. The number of nitro groups is 1. The van der Waals surface area contributed by atoms with Gasteiger partial charge in [-0.3, -0.25) is 14.9 Å². The maximum atomic E-state index is 13.9. The van der Waals surface area contributed by atoms with Crippen molar-refractivity contribution in [2.75, 3.05) is 5.32 Å². The zero-order chi connectivity index (χ0) is 21.0. The number of hydrogen-bond donors (Lipinski definition) is 1. The highest BCUT2D eigenvalue weighted by Gasteiger charge is 2.14. The number of anilines is 1. The SMILES string of the molecule is N#C/C(=C\c1ccc(-c2ccc([N+](=O)[O-])cc2)o1)C(=O)Nc1ccc(Br)cc1F. The highest BCUT2D eigenvalue weighted by molar-refractivity contribution is 9.10. The minimum absolute atomic E-state index is 0.0518. The Morgan fingerprint density at radius 1 is 1.21 bits per heavy atom. The van der Waals surface area contributed by atoms with Crippen LogP contribution in [-0.4, -0.2) is 10.8 Å². The van der Waals surface area contributed by atoms with Gasteiger partial charge in [0.05, 0.1) is 10.6 Å². The second kappa shape index (κ2) is 8.50. The molecule has 3 aromatic rings. The Hall–Kier alpha value is -3.77. The molecule has 3 rings (SSSR count). The summed E-state index contributed by atoms with van der Waals surface area (Å²) in [5.74, 6) is -0.811. The minimum Gasteiger partial charge on any atom is -0.457 e. The molecule has 144 valence electrons. The molecule has 7 nitrogen and oxygen atoms in total. The predicted molar refractivity (Wildman–Crippen MR) is 107 cm³/mol. The topological polar surface area (TPSA) is 109 Å². The molecule has 9 heteroatoms. The van der Waals surface area contributed by atoms with E-state index >= 15 is 0 Å². The van der Waals surface area contributed by atoms with Crippen LogP contribution in [0.2, 0.25) is 0 Å². The third-order valence-electron chi connectivity index (χ3n) is 3.82. The molecule has 1 amide bonds. The number of furan rings is 1. The molecule has 1 N–H and O–H groups in total. The molecule has 0 radical (unpaired) electrons. The first-order valence-electron chi connectivity index (χ1n) is 8.10. The first-order valence-corrected chi connectivity index (χ1v) is 8.89. The van der Waals surface area contributed by atoms with Gasteiger partial charge in [-0.25, -0.2) is 4.39 Å². The number of hydrogen-bond acceptors (Lipinski definition) is 5. The number of amides is 1. The van der Waals surface area contributed by atoms with Crippen LogP contribution in [0.25, 0.3) is 17.4 Å². The van der Waals surface area contributed by atoms with Crippen molar-refractivity contribution in [3.8, 4) is 17.4 Å². The summed E-state index contributed by atoms with van der Waals surface area (Å²) in [6.07, 6.45) is 1.22. The molecule has 0 bridgehead atoms. The van der Waals surface area contributed by atoms with Crippen LogP contribution in [0, 0.1) is 27.3 Å². The minimum atomic E-state index is -0.790. The number of carbonyl (C=O) groups is 1. The van der Waals surface area contributed by atoms with E-state index in [-0.39, 0.29) is 22.7 Å². The van der Waals surface area contributed by atoms with Gasteiger partial charge in [-0.2, -0.15) is 5.26 Å². The number of nitrogens with one attached hydrogen (secondary N) is 1. The van der Waals surface area contributed by atoms with Crippen LogP contribution in [0.5, 0.6) is 0 Å². The molecule has 0 atom stereocenters. The number of carbonyl (C=O) groups excluding carboxylic acids is 1. The van der Waals surface area contributed by atoms with Gasteiger partial charge in [0.1, 0.15) is 29.0 Å². The molecule has 2 aromatic carbocycles. The average molecular weight is 456 g/mol. The standard InChI is InChI=1S/C20H11BrFN3O4/c21-14-3-7-18(17(22)10-14)24-20(26)13(11-23)9-16-6-8-19(29-16)12-1-4-15(5-2-12)25(27)28/h1-10H,(H,24,26)/b13-9+. The third-order valence-corrected chi connectivity index (χ3v) is 4.31. The molecule has 29 heavy (non-hydrogen) atoms. The van der Waals surface area contributed by atoms with E-state index in [0.717, 1.165) is 0 Å². The first-order chi connectivity index (χ1) is 13.9. The number of rotatable bonds is 5. The molecule has 0 saturated heterocycles. The van der Waals surface area contributed by atoms with Gasteiger partial charge in [0.2, 0.25) is 0 Å². The Balaban J connectivity index is 1.80. The molecule has 0 saturated carbocycles. The predicted octanol–water partition coefficient (Wildman–Crippen LogP) is 5.30. The largest absolute Gasteiger partial charge is 0.457 e. The second-order valence-electron chi connectivity index (χ2n) is 5.75. The van der Waals surface area contributed by atoms with E-state index in [1.54, 1.807) is 24.3 Å². The molecule has 0 aliphatic rings. The second-order valence-corrected chi connectivity index (χ2v) is 6.67. The summed E-state index contributed by atoms with van der Waals surface area (Å²) in [6.45, 7) is 0. The molecule has 0 fully saturated rings. The summed E-state index contributed by atoms with van der Waals surface area (Å²) in [5.41, 5.74) is 0.196. The van der Waals surface area contributed by atoms with Crippen LogP contribution in [0.15, 0.2) is 69.1 Å². The zero-order valence-electron chi connectivity index (χ0n) is 14.6. The fourth-order valence-electron chi connectivity index (χ4n) is 2.40. The van der Waals surface area contributed by atoms with E-state index < -0.39 is 16.6 Å². The van der Waals surface area contributed by atoms with Gasteiger partial charge in [-0.15, -0.1) is 0 Å². The Morgan fingerprint density at radius 2 is 1.93 bits per heavy atom. The van der Waals surface area contributed by atoms with Gasteiger partial charge in [0.15, 0.2) is 0 Å². The summed E-state index contributed by atoms with van der Waals surface area (Å²) in [6, 6.07) is 14.7. The maximum absolute atomic E-state index is 13.9.